The Hall–Kier alpha value is -0.860. The van der Waals surface area contributed by atoms with Crippen LogP contribution in [0.25, 0.3) is 0 Å². The van der Waals surface area contributed by atoms with Crippen molar-refractivity contribution in [2.45, 2.75) is 38.6 Å². The highest BCUT2D eigenvalue weighted by atomic mass is 16.7. The van der Waals surface area contributed by atoms with Crippen LogP contribution in [0.2, 0.25) is 0 Å². The lowest BCUT2D eigenvalue weighted by Gasteiger charge is -2.24. The van der Waals surface area contributed by atoms with E-state index in [9.17, 15) is 0 Å². The first-order chi connectivity index (χ1) is 7.81. The molecule has 0 bridgehead atoms. The number of ether oxygens (including phenoxy) is 2. The predicted octanol–water partition coefficient (Wildman–Crippen LogP) is 3.54. The minimum atomic E-state index is -0.0623. The van der Waals surface area contributed by atoms with Gasteiger partial charge in [0.25, 0.3) is 0 Å². The molecule has 1 aliphatic heterocycles. The van der Waals surface area contributed by atoms with Crippen molar-refractivity contribution in [1.82, 2.24) is 0 Å². The SMILES string of the molecule is CO[C@@H]1O[C@@H](c2ccccc2)CCC[C@H]1C. The lowest BCUT2D eigenvalue weighted by atomic mass is 10.0. The van der Waals surface area contributed by atoms with Gasteiger partial charge in [0, 0.05) is 13.0 Å². The highest BCUT2D eigenvalue weighted by molar-refractivity contribution is 5.17. The summed E-state index contributed by atoms with van der Waals surface area (Å²) in [6.45, 7) is 2.20. The van der Waals surface area contributed by atoms with Gasteiger partial charge in [-0.3, -0.25) is 0 Å². The van der Waals surface area contributed by atoms with Crippen LogP contribution in [0.5, 0.6) is 0 Å². The largest absolute Gasteiger partial charge is 0.356 e. The molecule has 1 aromatic carbocycles. The smallest absolute Gasteiger partial charge is 0.160 e. The number of rotatable bonds is 2. The second-order valence-corrected chi connectivity index (χ2v) is 4.55. The van der Waals surface area contributed by atoms with Crippen LogP contribution in [0, 0.1) is 5.92 Å². The summed E-state index contributed by atoms with van der Waals surface area (Å²) >= 11 is 0. The molecule has 88 valence electrons. The van der Waals surface area contributed by atoms with Crippen LogP contribution in [0.15, 0.2) is 30.3 Å². The molecular weight excluding hydrogens is 200 g/mol. The molecule has 0 N–H and O–H groups in total. The molecule has 0 aliphatic carbocycles. The number of hydrogen-bond acceptors (Lipinski definition) is 2. The molecule has 2 nitrogen and oxygen atoms in total. The molecule has 1 aromatic rings. The fraction of sp³-hybridized carbons (Fsp3) is 0.571. The average Bonchev–Trinajstić information content (AvgIpc) is 2.52. The van der Waals surface area contributed by atoms with Crippen molar-refractivity contribution in [3.8, 4) is 0 Å². The first kappa shape index (κ1) is 11.6. The molecular formula is C14H20O2. The molecule has 0 unspecified atom stereocenters. The van der Waals surface area contributed by atoms with Crippen LogP contribution >= 0.6 is 0 Å². The van der Waals surface area contributed by atoms with E-state index in [4.69, 9.17) is 9.47 Å². The molecule has 16 heavy (non-hydrogen) atoms. The van der Waals surface area contributed by atoms with Crippen molar-refractivity contribution < 1.29 is 9.47 Å². The lowest BCUT2D eigenvalue weighted by molar-refractivity contribution is -0.175. The van der Waals surface area contributed by atoms with Crippen LogP contribution in [0.4, 0.5) is 0 Å². The minimum Gasteiger partial charge on any atom is -0.356 e. The second-order valence-electron chi connectivity index (χ2n) is 4.55. The van der Waals surface area contributed by atoms with E-state index in [0.717, 1.165) is 6.42 Å². The van der Waals surface area contributed by atoms with E-state index in [1.807, 2.05) is 6.07 Å². The lowest BCUT2D eigenvalue weighted by Crippen LogP contribution is -2.23. The summed E-state index contributed by atoms with van der Waals surface area (Å²) < 4.78 is 11.4. The van der Waals surface area contributed by atoms with Crippen molar-refractivity contribution in [2.24, 2.45) is 5.92 Å². The molecule has 0 amide bonds. The third kappa shape index (κ3) is 2.63. The number of methoxy groups -OCH3 is 1. The highest BCUT2D eigenvalue weighted by Crippen LogP contribution is 2.32. The summed E-state index contributed by atoms with van der Waals surface area (Å²) in [4.78, 5) is 0. The zero-order valence-electron chi connectivity index (χ0n) is 10.1. The normalized spacial score (nSPS) is 31.0. The van der Waals surface area contributed by atoms with Crippen molar-refractivity contribution in [1.29, 1.82) is 0 Å². The molecule has 0 saturated carbocycles. The van der Waals surface area contributed by atoms with Gasteiger partial charge in [-0.1, -0.05) is 43.7 Å². The molecule has 2 heteroatoms. The quantitative estimate of drug-likeness (QED) is 0.759. The first-order valence-corrected chi connectivity index (χ1v) is 6.04. The minimum absolute atomic E-state index is 0.0623. The molecule has 0 radical (unpaired) electrons. The number of hydrogen-bond donors (Lipinski definition) is 0. The van der Waals surface area contributed by atoms with Crippen LogP contribution in [0.3, 0.4) is 0 Å². The van der Waals surface area contributed by atoms with Crippen LogP contribution in [-0.2, 0) is 9.47 Å². The molecule has 2 rings (SSSR count). The topological polar surface area (TPSA) is 18.5 Å². The molecule has 3 atom stereocenters. The fourth-order valence-corrected chi connectivity index (χ4v) is 2.33. The van der Waals surface area contributed by atoms with Gasteiger partial charge in [-0.2, -0.15) is 0 Å². The van der Waals surface area contributed by atoms with Crippen LogP contribution < -0.4 is 0 Å². The van der Waals surface area contributed by atoms with E-state index in [-0.39, 0.29) is 12.4 Å². The maximum atomic E-state index is 6.04. The summed E-state index contributed by atoms with van der Waals surface area (Å²) in [5.41, 5.74) is 1.26. The maximum absolute atomic E-state index is 6.04. The third-order valence-electron chi connectivity index (χ3n) is 3.29. The van der Waals surface area contributed by atoms with Crippen molar-refractivity contribution >= 4 is 0 Å². The van der Waals surface area contributed by atoms with Crippen molar-refractivity contribution in [2.75, 3.05) is 7.11 Å². The Bertz CT molecular complexity index is 310. The first-order valence-electron chi connectivity index (χ1n) is 6.04. The van der Waals surface area contributed by atoms with Gasteiger partial charge in [0.1, 0.15) is 0 Å². The van der Waals surface area contributed by atoms with Gasteiger partial charge in [0.05, 0.1) is 6.10 Å². The Kier molecular flexibility index (Phi) is 3.97. The van der Waals surface area contributed by atoms with Gasteiger partial charge < -0.3 is 9.47 Å². The van der Waals surface area contributed by atoms with E-state index in [1.165, 1.54) is 18.4 Å². The second kappa shape index (κ2) is 5.46. The van der Waals surface area contributed by atoms with Crippen molar-refractivity contribution in [3.63, 3.8) is 0 Å². The Morgan fingerprint density at radius 3 is 2.62 bits per heavy atom. The summed E-state index contributed by atoms with van der Waals surface area (Å²) in [5.74, 6) is 0.485. The monoisotopic (exact) mass is 220 g/mol. The van der Waals surface area contributed by atoms with E-state index >= 15 is 0 Å². The zero-order valence-corrected chi connectivity index (χ0v) is 10.1. The van der Waals surface area contributed by atoms with Gasteiger partial charge in [-0.25, -0.2) is 0 Å². The third-order valence-corrected chi connectivity index (χ3v) is 3.29. The molecule has 1 fully saturated rings. The molecule has 1 saturated heterocycles. The van der Waals surface area contributed by atoms with Gasteiger partial charge >= 0.3 is 0 Å². The highest BCUT2D eigenvalue weighted by Gasteiger charge is 2.26. The summed E-state index contributed by atoms with van der Waals surface area (Å²) in [7, 11) is 1.73. The van der Waals surface area contributed by atoms with E-state index in [2.05, 4.69) is 31.2 Å². The van der Waals surface area contributed by atoms with E-state index in [1.54, 1.807) is 7.11 Å². The van der Waals surface area contributed by atoms with E-state index < -0.39 is 0 Å². The summed E-state index contributed by atoms with van der Waals surface area (Å²) in [5, 5.41) is 0. The molecule has 1 heterocycles. The Morgan fingerprint density at radius 2 is 1.94 bits per heavy atom. The maximum Gasteiger partial charge on any atom is 0.160 e. The Balaban J connectivity index is 2.10. The van der Waals surface area contributed by atoms with Gasteiger partial charge in [0.15, 0.2) is 6.29 Å². The Labute approximate surface area is 97.6 Å². The average molecular weight is 220 g/mol. The van der Waals surface area contributed by atoms with Crippen LogP contribution in [0.1, 0.15) is 37.9 Å². The van der Waals surface area contributed by atoms with Gasteiger partial charge in [0.2, 0.25) is 0 Å². The van der Waals surface area contributed by atoms with Crippen molar-refractivity contribution in [3.05, 3.63) is 35.9 Å². The summed E-state index contributed by atoms with van der Waals surface area (Å²) in [6, 6.07) is 10.4. The zero-order chi connectivity index (χ0) is 11.4. The van der Waals surface area contributed by atoms with Crippen LogP contribution in [-0.4, -0.2) is 13.4 Å². The van der Waals surface area contributed by atoms with Gasteiger partial charge in [-0.15, -0.1) is 0 Å². The number of benzene rings is 1. The molecule has 1 aliphatic rings. The summed E-state index contributed by atoms with van der Waals surface area (Å²) in [6.07, 6.45) is 3.61. The Morgan fingerprint density at radius 1 is 1.19 bits per heavy atom. The standard InChI is InChI=1S/C14H20O2/c1-11-7-6-10-13(16-14(11)15-2)12-8-4-3-5-9-12/h3-5,8-9,11,13-14H,6-7,10H2,1-2H3/t11-,13-,14-/m1/s1. The fourth-order valence-electron chi connectivity index (χ4n) is 2.33. The van der Waals surface area contributed by atoms with Gasteiger partial charge in [-0.05, 0) is 18.4 Å². The predicted molar refractivity (Wildman–Crippen MR) is 64.1 cm³/mol. The molecule has 0 spiro atoms. The molecule has 0 aromatic heterocycles. The van der Waals surface area contributed by atoms with E-state index in [0.29, 0.717) is 5.92 Å².